The van der Waals surface area contributed by atoms with Gasteiger partial charge in [-0.05, 0) is 52.6 Å². The van der Waals surface area contributed by atoms with Crippen LogP contribution in [0.2, 0.25) is 0 Å². The normalized spacial score (nSPS) is 13.1. The van der Waals surface area contributed by atoms with Crippen molar-refractivity contribution < 1.29 is 13.3 Å². The standard InChI is InChI=1S/C51H37N3O3/c52-50(31-12-3-1-4-13-31)54-51(32-14-5-2-6-15-32)53-30-35-16-9-20-41-40-27-25-34(29-46(40)56-47(35)41)37-19-11-22-43-42-21-10-18-36(48(42)57-49(37)43)33-24-26-39-38-17-7-8-23-44(38)55-45(39)28-33/h1-29,50-51,53-54H,30,52H2. The second-order valence-electron chi connectivity index (χ2n) is 14.7. The Labute approximate surface area is 328 Å². The van der Waals surface area contributed by atoms with Gasteiger partial charge in [0.2, 0.25) is 0 Å². The van der Waals surface area contributed by atoms with E-state index in [4.69, 9.17) is 19.0 Å². The van der Waals surface area contributed by atoms with Crippen LogP contribution in [-0.2, 0) is 6.54 Å². The molecule has 4 N–H and O–H groups in total. The fraction of sp³-hybridized carbons (Fsp3) is 0.0588. The average Bonchev–Trinajstić information content (AvgIpc) is 3.96. The van der Waals surface area contributed by atoms with Crippen molar-refractivity contribution in [3.63, 3.8) is 0 Å². The van der Waals surface area contributed by atoms with E-state index in [0.29, 0.717) is 6.54 Å². The molecule has 6 heteroatoms. The molecule has 0 saturated carbocycles. The number of para-hydroxylation sites is 4. The number of rotatable bonds is 9. The van der Waals surface area contributed by atoms with Gasteiger partial charge < -0.3 is 19.0 Å². The lowest BCUT2D eigenvalue weighted by Crippen LogP contribution is -2.39. The molecule has 0 radical (unpaired) electrons. The second kappa shape index (κ2) is 13.7. The molecule has 0 aliphatic carbocycles. The lowest BCUT2D eigenvalue weighted by molar-refractivity contribution is 0.385. The molecule has 11 aromatic rings. The number of furan rings is 3. The van der Waals surface area contributed by atoms with Gasteiger partial charge in [-0.15, -0.1) is 0 Å². The predicted octanol–water partition coefficient (Wildman–Crippen LogP) is 12.8. The summed E-state index contributed by atoms with van der Waals surface area (Å²) in [5.74, 6) is 0. The molecule has 274 valence electrons. The molecule has 0 spiro atoms. The van der Waals surface area contributed by atoms with Crippen molar-refractivity contribution in [2.75, 3.05) is 0 Å². The molecule has 2 atom stereocenters. The minimum atomic E-state index is -0.348. The average molecular weight is 740 g/mol. The molecule has 8 aromatic carbocycles. The van der Waals surface area contributed by atoms with Gasteiger partial charge in [0.25, 0.3) is 0 Å². The lowest BCUT2D eigenvalue weighted by Gasteiger charge is -2.25. The van der Waals surface area contributed by atoms with E-state index in [2.05, 4.69) is 120 Å². The van der Waals surface area contributed by atoms with Crippen LogP contribution in [0.5, 0.6) is 0 Å². The van der Waals surface area contributed by atoms with E-state index in [0.717, 1.165) is 105 Å². The molecule has 0 saturated heterocycles. The quantitative estimate of drug-likeness (QED) is 0.128. The number of hydrogen-bond donors (Lipinski definition) is 3. The van der Waals surface area contributed by atoms with Gasteiger partial charge in [0, 0.05) is 55.6 Å². The highest BCUT2D eigenvalue weighted by Crippen LogP contribution is 2.42. The van der Waals surface area contributed by atoms with Gasteiger partial charge in [-0.25, -0.2) is 0 Å². The Morgan fingerprint density at radius 2 is 0.947 bits per heavy atom. The number of nitrogens with two attached hydrogens (primary N) is 1. The van der Waals surface area contributed by atoms with Crippen molar-refractivity contribution in [3.05, 3.63) is 193 Å². The first-order valence-electron chi connectivity index (χ1n) is 19.3. The molecule has 0 aliphatic rings. The summed E-state index contributed by atoms with van der Waals surface area (Å²) in [5.41, 5.74) is 19.1. The van der Waals surface area contributed by atoms with E-state index >= 15 is 0 Å². The van der Waals surface area contributed by atoms with E-state index in [-0.39, 0.29) is 12.3 Å². The van der Waals surface area contributed by atoms with E-state index in [1.807, 2.05) is 66.7 Å². The van der Waals surface area contributed by atoms with Gasteiger partial charge in [-0.3, -0.25) is 10.6 Å². The first-order chi connectivity index (χ1) is 28.2. The highest BCUT2D eigenvalue weighted by atomic mass is 16.3. The molecular formula is C51H37N3O3. The molecule has 0 aliphatic heterocycles. The van der Waals surface area contributed by atoms with Crippen molar-refractivity contribution in [2.45, 2.75) is 18.9 Å². The van der Waals surface area contributed by atoms with Crippen LogP contribution in [0.1, 0.15) is 29.0 Å². The largest absolute Gasteiger partial charge is 0.456 e. The summed E-state index contributed by atoms with van der Waals surface area (Å²) < 4.78 is 19.8. The molecule has 0 bridgehead atoms. The van der Waals surface area contributed by atoms with E-state index in [1.165, 1.54) is 0 Å². The van der Waals surface area contributed by atoms with Crippen LogP contribution in [0.25, 0.3) is 88.1 Å². The van der Waals surface area contributed by atoms with Crippen molar-refractivity contribution in [1.82, 2.24) is 10.6 Å². The number of nitrogens with one attached hydrogen (secondary N) is 2. The smallest absolute Gasteiger partial charge is 0.143 e. The topological polar surface area (TPSA) is 89.5 Å². The Morgan fingerprint density at radius 3 is 1.63 bits per heavy atom. The van der Waals surface area contributed by atoms with Crippen LogP contribution in [0, 0.1) is 0 Å². The third-order valence-corrected chi connectivity index (χ3v) is 11.2. The fourth-order valence-corrected chi connectivity index (χ4v) is 8.40. The molecule has 57 heavy (non-hydrogen) atoms. The van der Waals surface area contributed by atoms with Gasteiger partial charge in [0.1, 0.15) is 33.5 Å². The Kier molecular flexibility index (Phi) is 8.00. The molecule has 2 unspecified atom stereocenters. The van der Waals surface area contributed by atoms with Crippen molar-refractivity contribution >= 4 is 65.8 Å². The Bertz CT molecular complexity index is 3250. The third-order valence-electron chi connectivity index (χ3n) is 11.2. The highest BCUT2D eigenvalue weighted by Gasteiger charge is 2.20. The molecule has 3 aromatic heterocycles. The van der Waals surface area contributed by atoms with E-state index < -0.39 is 0 Å². The lowest BCUT2D eigenvalue weighted by atomic mass is 9.99. The molecule has 6 nitrogen and oxygen atoms in total. The predicted molar refractivity (Wildman–Crippen MR) is 232 cm³/mol. The Balaban J connectivity index is 0.940. The molecule has 11 rings (SSSR count). The van der Waals surface area contributed by atoms with Gasteiger partial charge >= 0.3 is 0 Å². The van der Waals surface area contributed by atoms with Gasteiger partial charge in [-0.1, -0.05) is 146 Å². The zero-order chi connectivity index (χ0) is 37.9. The summed E-state index contributed by atoms with van der Waals surface area (Å²) in [4.78, 5) is 0. The van der Waals surface area contributed by atoms with Gasteiger partial charge in [0.05, 0.1) is 12.3 Å². The van der Waals surface area contributed by atoms with Crippen LogP contribution < -0.4 is 16.4 Å². The number of fused-ring (bicyclic) bond motifs is 9. The minimum absolute atomic E-state index is 0.189. The second-order valence-corrected chi connectivity index (χ2v) is 14.7. The minimum Gasteiger partial charge on any atom is -0.456 e. The van der Waals surface area contributed by atoms with Crippen LogP contribution in [0.4, 0.5) is 0 Å². The Hall–Kier alpha value is -6.96. The van der Waals surface area contributed by atoms with Crippen LogP contribution in [0.15, 0.2) is 189 Å². The highest BCUT2D eigenvalue weighted by molar-refractivity contribution is 6.14. The zero-order valence-corrected chi connectivity index (χ0v) is 30.9. The maximum absolute atomic E-state index is 6.85. The summed E-state index contributed by atoms with van der Waals surface area (Å²) in [6.45, 7) is 0.571. The van der Waals surface area contributed by atoms with Crippen LogP contribution in [-0.4, -0.2) is 0 Å². The summed E-state index contributed by atoms with van der Waals surface area (Å²) in [6.07, 6.45) is -0.537. The maximum atomic E-state index is 6.85. The monoisotopic (exact) mass is 739 g/mol. The molecule has 3 heterocycles. The summed E-state index contributed by atoms with van der Waals surface area (Å²) >= 11 is 0. The fourth-order valence-electron chi connectivity index (χ4n) is 8.40. The maximum Gasteiger partial charge on any atom is 0.143 e. The molecule has 0 amide bonds. The van der Waals surface area contributed by atoms with Crippen LogP contribution in [0.3, 0.4) is 0 Å². The third kappa shape index (κ3) is 5.78. The van der Waals surface area contributed by atoms with Crippen molar-refractivity contribution in [2.24, 2.45) is 5.73 Å². The first kappa shape index (κ1) is 33.4. The Morgan fingerprint density at radius 1 is 0.421 bits per heavy atom. The number of benzene rings is 8. The summed E-state index contributed by atoms with van der Waals surface area (Å²) in [5, 5.41) is 13.8. The van der Waals surface area contributed by atoms with E-state index in [1.54, 1.807) is 0 Å². The van der Waals surface area contributed by atoms with Gasteiger partial charge in [0.15, 0.2) is 0 Å². The van der Waals surface area contributed by atoms with Crippen molar-refractivity contribution in [1.29, 1.82) is 0 Å². The SMILES string of the molecule is NC(NC(NCc1cccc2c1oc1cc(-c3cccc4c3oc3c(-c5ccc6c(c5)oc5ccccc56)cccc34)ccc12)c1ccccc1)c1ccccc1. The van der Waals surface area contributed by atoms with Gasteiger partial charge in [-0.2, -0.15) is 0 Å². The zero-order valence-electron chi connectivity index (χ0n) is 30.9. The van der Waals surface area contributed by atoms with Crippen molar-refractivity contribution in [3.8, 4) is 22.3 Å². The van der Waals surface area contributed by atoms with E-state index in [9.17, 15) is 0 Å². The number of hydrogen-bond acceptors (Lipinski definition) is 6. The molecular weight excluding hydrogens is 703 g/mol. The summed E-state index contributed by atoms with van der Waals surface area (Å²) in [6, 6.07) is 60.6. The summed E-state index contributed by atoms with van der Waals surface area (Å²) in [7, 11) is 0. The first-order valence-corrected chi connectivity index (χ1v) is 19.3. The van der Waals surface area contributed by atoms with Crippen LogP contribution >= 0.6 is 0 Å². The molecule has 0 fully saturated rings.